The number of imidazole rings is 1. The van der Waals surface area contributed by atoms with Crippen LogP contribution in [0.15, 0.2) is 36.7 Å². The summed E-state index contributed by atoms with van der Waals surface area (Å²) in [6.45, 7) is 5.43. The normalized spacial score (nSPS) is 26.0. The Bertz CT molecular complexity index is 850. The standard InChI is InChI=1S/C19H26N4O2S/c1-2-15-5-3-4-6-16(15)11-22-9-10-23(12-19-20-7-8-21-19)18-14-26(24,25)13-17(18)22/h3-8,17-18H,2,9-14H2,1H3,(H,20,21)/t17-,18+/m0/s1. The van der Waals surface area contributed by atoms with E-state index in [1.807, 2.05) is 6.20 Å². The average molecular weight is 375 g/mol. The smallest absolute Gasteiger partial charge is 0.153 e. The number of nitrogens with zero attached hydrogens (tertiary/aromatic N) is 3. The Morgan fingerprint density at radius 2 is 1.73 bits per heavy atom. The van der Waals surface area contributed by atoms with Gasteiger partial charge in [-0.2, -0.15) is 0 Å². The topological polar surface area (TPSA) is 69.3 Å². The lowest BCUT2D eigenvalue weighted by Gasteiger charge is -2.43. The van der Waals surface area contributed by atoms with Crippen LogP contribution in [0.3, 0.4) is 0 Å². The van der Waals surface area contributed by atoms with Crippen molar-refractivity contribution in [3.63, 3.8) is 0 Å². The van der Waals surface area contributed by atoms with Gasteiger partial charge in [-0.25, -0.2) is 13.4 Å². The summed E-state index contributed by atoms with van der Waals surface area (Å²) >= 11 is 0. The number of aromatic nitrogens is 2. The molecule has 26 heavy (non-hydrogen) atoms. The van der Waals surface area contributed by atoms with Gasteiger partial charge in [-0.15, -0.1) is 0 Å². The molecule has 3 heterocycles. The van der Waals surface area contributed by atoms with Gasteiger partial charge in [0.25, 0.3) is 0 Å². The number of benzene rings is 1. The van der Waals surface area contributed by atoms with Crippen LogP contribution in [0.5, 0.6) is 0 Å². The molecule has 7 heteroatoms. The van der Waals surface area contributed by atoms with E-state index in [4.69, 9.17) is 0 Å². The SMILES string of the molecule is CCc1ccccc1CN1CCN(Cc2ncc[nH]2)[C@@H]2CS(=O)(=O)C[C@@H]21. The Morgan fingerprint density at radius 1 is 1.08 bits per heavy atom. The van der Waals surface area contributed by atoms with E-state index >= 15 is 0 Å². The van der Waals surface area contributed by atoms with Crippen LogP contribution in [-0.2, 0) is 29.3 Å². The molecule has 2 aromatic rings. The Balaban J connectivity index is 1.55. The number of H-pyrrole nitrogens is 1. The maximum absolute atomic E-state index is 12.4. The molecule has 1 aromatic heterocycles. The van der Waals surface area contributed by atoms with Crippen LogP contribution in [0, 0.1) is 0 Å². The molecule has 2 fully saturated rings. The van der Waals surface area contributed by atoms with Crippen molar-refractivity contribution in [3.05, 3.63) is 53.6 Å². The molecule has 0 aliphatic carbocycles. The van der Waals surface area contributed by atoms with E-state index in [-0.39, 0.29) is 23.6 Å². The van der Waals surface area contributed by atoms with Crippen LogP contribution in [0.2, 0.25) is 0 Å². The Labute approximate surface area is 155 Å². The fraction of sp³-hybridized carbons (Fsp3) is 0.526. The zero-order valence-electron chi connectivity index (χ0n) is 15.1. The third-order valence-electron chi connectivity index (χ3n) is 5.69. The number of hydrogen-bond acceptors (Lipinski definition) is 5. The van der Waals surface area contributed by atoms with E-state index in [0.29, 0.717) is 6.54 Å². The summed E-state index contributed by atoms with van der Waals surface area (Å²) in [4.78, 5) is 12.1. The molecule has 2 saturated heterocycles. The zero-order chi connectivity index (χ0) is 18.1. The van der Waals surface area contributed by atoms with Crippen LogP contribution in [0.25, 0.3) is 0 Å². The minimum absolute atomic E-state index is 0.0487. The van der Waals surface area contributed by atoms with Gasteiger partial charge in [0.1, 0.15) is 5.82 Å². The molecule has 4 rings (SSSR count). The van der Waals surface area contributed by atoms with Crippen LogP contribution in [0.4, 0.5) is 0 Å². The first-order chi connectivity index (χ1) is 12.6. The summed E-state index contributed by atoms with van der Waals surface area (Å²) in [6, 6.07) is 8.61. The van der Waals surface area contributed by atoms with Crippen LogP contribution in [-0.4, -0.2) is 64.9 Å². The number of aromatic amines is 1. The summed E-state index contributed by atoms with van der Waals surface area (Å²) in [6.07, 6.45) is 4.56. The summed E-state index contributed by atoms with van der Waals surface area (Å²) in [5.41, 5.74) is 2.67. The van der Waals surface area contributed by atoms with Crippen LogP contribution in [0.1, 0.15) is 23.9 Å². The zero-order valence-corrected chi connectivity index (χ0v) is 16.0. The van der Waals surface area contributed by atoms with E-state index < -0.39 is 9.84 Å². The molecule has 0 radical (unpaired) electrons. The molecule has 1 aromatic carbocycles. The second kappa shape index (κ2) is 7.13. The number of hydrogen-bond donors (Lipinski definition) is 1. The van der Waals surface area contributed by atoms with Gasteiger partial charge in [-0.3, -0.25) is 9.80 Å². The summed E-state index contributed by atoms with van der Waals surface area (Å²) in [7, 11) is -3.00. The highest BCUT2D eigenvalue weighted by Crippen LogP contribution is 2.29. The van der Waals surface area contributed by atoms with Crippen molar-refractivity contribution in [2.24, 2.45) is 0 Å². The lowest BCUT2D eigenvalue weighted by molar-refractivity contribution is 0.0340. The Kier molecular flexibility index (Phi) is 4.86. The molecule has 1 N–H and O–H groups in total. The molecule has 0 amide bonds. The largest absolute Gasteiger partial charge is 0.348 e. The quantitative estimate of drug-likeness (QED) is 0.858. The second-order valence-corrected chi connectivity index (χ2v) is 9.46. The summed E-state index contributed by atoms with van der Waals surface area (Å²) in [5, 5.41) is 0. The Hall–Kier alpha value is -1.70. The van der Waals surface area contributed by atoms with Crippen LogP contribution >= 0.6 is 0 Å². The van der Waals surface area contributed by atoms with Gasteiger partial charge in [0.05, 0.1) is 18.1 Å². The molecule has 2 atom stereocenters. The maximum Gasteiger partial charge on any atom is 0.153 e. The number of aryl methyl sites for hydroxylation is 1. The number of rotatable bonds is 5. The van der Waals surface area contributed by atoms with E-state index in [2.05, 4.69) is 51.0 Å². The third kappa shape index (κ3) is 3.56. The van der Waals surface area contributed by atoms with Crippen molar-refractivity contribution in [1.82, 2.24) is 19.8 Å². The van der Waals surface area contributed by atoms with Crippen molar-refractivity contribution in [2.45, 2.75) is 38.5 Å². The minimum atomic E-state index is -3.00. The maximum atomic E-state index is 12.4. The molecule has 0 bridgehead atoms. The van der Waals surface area contributed by atoms with Gasteiger partial charge >= 0.3 is 0 Å². The number of sulfone groups is 1. The predicted octanol–water partition coefficient (Wildman–Crippen LogP) is 1.46. The molecule has 0 spiro atoms. The molecular weight excluding hydrogens is 348 g/mol. The second-order valence-electron chi connectivity index (χ2n) is 7.31. The molecule has 6 nitrogen and oxygen atoms in total. The number of fused-ring (bicyclic) bond motifs is 1. The fourth-order valence-electron chi connectivity index (χ4n) is 4.34. The van der Waals surface area contributed by atoms with Gasteiger partial charge < -0.3 is 4.98 Å². The van der Waals surface area contributed by atoms with Crippen LogP contribution < -0.4 is 0 Å². The lowest BCUT2D eigenvalue weighted by atomic mass is 10.0. The Morgan fingerprint density at radius 3 is 2.35 bits per heavy atom. The first-order valence-corrected chi connectivity index (χ1v) is 11.1. The van der Waals surface area contributed by atoms with Crippen molar-refractivity contribution in [2.75, 3.05) is 24.6 Å². The first kappa shape index (κ1) is 17.7. The predicted molar refractivity (Wildman–Crippen MR) is 101 cm³/mol. The summed E-state index contributed by atoms with van der Waals surface area (Å²) in [5.74, 6) is 1.42. The van der Waals surface area contributed by atoms with Gasteiger partial charge in [0.2, 0.25) is 0 Å². The van der Waals surface area contributed by atoms with Gasteiger partial charge in [0.15, 0.2) is 9.84 Å². The van der Waals surface area contributed by atoms with E-state index in [1.54, 1.807) is 6.20 Å². The van der Waals surface area contributed by atoms with E-state index in [1.165, 1.54) is 11.1 Å². The molecule has 0 unspecified atom stereocenters. The third-order valence-corrected chi connectivity index (χ3v) is 7.39. The van der Waals surface area contributed by atoms with Gasteiger partial charge in [-0.05, 0) is 17.5 Å². The van der Waals surface area contributed by atoms with Crippen molar-refractivity contribution < 1.29 is 8.42 Å². The van der Waals surface area contributed by atoms with E-state index in [0.717, 1.165) is 31.9 Å². The number of piperazine rings is 1. The van der Waals surface area contributed by atoms with Crippen molar-refractivity contribution in [3.8, 4) is 0 Å². The fourth-order valence-corrected chi connectivity index (χ4v) is 6.38. The minimum Gasteiger partial charge on any atom is -0.348 e. The summed E-state index contributed by atoms with van der Waals surface area (Å²) < 4.78 is 24.8. The molecule has 2 aliphatic heterocycles. The van der Waals surface area contributed by atoms with Gasteiger partial charge in [0, 0.05) is 44.1 Å². The molecule has 0 saturated carbocycles. The van der Waals surface area contributed by atoms with E-state index in [9.17, 15) is 8.42 Å². The number of nitrogens with one attached hydrogen (secondary N) is 1. The van der Waals surface area contributed by atoms with Crippen molar-refractivity contribution in [1.29, 1.82) is 0 Å². The lowest BCUT2D eigenvalue weighted by Crippen LogP contribution is -2.58. The molecule has 2 aliphatic rings. The average Bonchev–Trinajstić information content (AvgIpc) is 3.24. The highest BCUT2D eigenvalue weighted by atomic mass is 32.2. The monoisotopic (exact) mass is 374 g/mol. The highest BCUT2D eigenvalue weighted by Gasteiger charge is 2.46. The molecular formula is C19H26N4O2S. The van der Waals surface area contributed by atoms with Gasteiger partial charge in [-0.1, -0.05) is 31.2 Å². The van der Waals surface area contributed by atoms with Crippen molar-refractivity contribution >= 4 is 9.84 Å². The first-order valence-electron chi connectivity index (χ1n) is 9.29. The molecule has 140 valence electrons. The highest BCUT2D eigenvalue weighted by molar-refractivity contribution is 7.91.